The molecule has 3 aromatic rings. The number of aromatic nitrogens is 2. The maximum absolute atomic E-state index is 13.6. The van der Waals surface area contributed by atoms with Crippen LogP contribution in [0.5, 0.6) is 0 Å². The number of H-pyrrole nitrogens is 1. The first kappa shape index (κ1) is 25.1. The summed E-state index contributed by atoms with van der Waals surface area (Å²) in [6.07, 6.45) is -4.78. The second kappa shape index (κ2) is 10.6. The molecular formula is C19H12F3N5O4S3. The summed E-state index contributed by atoms with van der Waals surface area (Å²) < 4.78 is 40.7. The first-order valence-electron chi connectivity index (χ1n) is 8.96. The van der Waals surface area contributed by atoms with Gasteiger partial charge in [-0.25, -0.2) is 4.98 Å². The van der Waals surface area contributed by atoms with Crippen molar-refractivity contribution in [3.05, 3.63) is 45.8 Å². The van der Waals surface area contributed by atoms with E-state index in [2.05, 4.69) is 25.3 Å². The van der Waals surface area contributed by atoms with E-state index in [1.807, 2.05) is 0 Å². The minimum atomic E-state index is -4.78. The van der Waals surface area contributed by atoms with Crippen molar-refractivity contribution in [2.24, 2.45) is 5.16 Å². The topological polar surface area (TPSA) is 142 Å². The number of carboxylic acids is 1. The molecule has 176 valence electrons. The molecule has 0 saturated heterocycles. The van der Waals surface area contributed by atoms with Crippen molar-refractivity contribution in [3.8, 4) is 16.6 Å². The Morgan fingerprint density at radius 2 is 2.18 bits per heavy atom. The van der Waals surface area contributed by atoms with Crippen LogP contribution in [0.25, 0.3) is 10.6 Å². The molecule has 0 radical (unpaired) electrons. The van der Waals surface area contributed by atoms with E-state index in [4.69, 9.17) is 0 Å². The van der Waals surface area contributed by atoms with Gasteiger partial charge in [0.1, 0.15) is 24.4 Å². The molecule has 9 nitrogen and oxygen atoms in total. The summed E-state index contributed by atoms with van der Waals surface area (Å²) in [4.78, 5) is 35.1. The van der Waals surface area contributed by atoms with Gasteiger partial charge in [-0.2, -0.15) is 23.4 Å². The molecule has 0 bridgehead atoms. The molecule has 0 atom stereocenters. The lowest BCUT2D eigenvalue weighted by Gasteiger charge is -2.09. The fraction of sp³-hybridized carbons (Fsp3) is 0.158. The number of nitriles is 1. The summed E-state index contributed by atoms with van der Waals surface area (Å²) in [5.74, 6) is -2.63. The smallest absolute Gasteiger partial charge is 0.418 e. The van der Waals surface area contributed by atoms with Crippen LogP contribution >= 0.6 is 34.4 Å². The zero-order valence-corrected chi connectivity index (χ0v) is 19.4. The van der Waals surface area contributed by atoms with Crippen LogP contribution in [-0.2, 0) is 20.6 Å². The highest BCUT2D eigenvalue weighted by Crippen LogP contribution is 2.37. The molecule has 0 saturated carbocycles. The van der Waals surface area contributed by atoms with E-state index < -0.39 is 34.9 Å². The molecule has 1 amide bonds. The average Bonchev–Trinajstić information content (AvgIpc) is 3.47. The number of thioether (sulfide) groups is 1. The van der Waals surface area contributed by atoms with Gasteiger partial charge in [0.2, 0.25) is 11.6 Å². The molecular weight excluding hydrogens is 515 g/mol. The average molecular weight is 528 g/mol. The third-order valence-corrected chi connectivity index (χ3v) is 6.62. The van der Waals surface area contributed by atoms with E-state index >= 15 is 0 Å². The fourth-order valence-corrected chi connectivity index (χ4v) is 4.82. The van der Waals surface area contributed by atoms with Gasteiger partial charge in [-0.05, 0) is 23.2 Å². The number of alkyl halides is 3. The van der Waals surface area contributed by atoms with Crippen molar-refractivity contribution in [3.63, 3.8) is 0 Å². The number of hydrogen-bond acceptors (Lipinski definition) is 10. The summed E-state index contributed by atoms with van der Waals surface area (Å²) in [6, 6.07) is 5.72. The quantitative estimate of drug-likeness (QED) is 0.269. The van der Waals surface area contributed by atoms with Crippen LogP contribution in [0.3, 0.4) is 0 Å². The molecule has 0 fully saturated rings. The number of nitrogens with zero attached hydrogens (tertiary/aromatic N) is 3. The molecule has 0 unspecified atom stereocenters. The van der Waals surface area contributed by atoms with Crippen LogP contribution in [0, 0.1) is 11.3 Å². The van der Waals surface area contributed by atoms with E-state index in [1.165, 1.54) is 16.7 Å². The molecule has 0 spiro atoms. The monoisotopic (exact) mass is 527 g/mol. The number of halogens is 3. The van der Waals surface area contributed by atoms with E-state index in [0.29, 0.717) is 16.6 Å². The van der Waals surface area contributed by atoms with Crippen molar-refractivity contribution in [1.82, 2.24) is 4.98 Å². The standard InChI is InChI=1S/C19H12F3N5O4S3/c1-31-27-15(17(29)30)12-7-34-18(25-12)26-14(28)8-33-16-9(6-23)10(19(20,21)22)5-11(24-16)13-3-2-4-32-13/h2-5,7H,8H2,1H3,(H,29,30)(H,25,26,28)/b27-15-. The molecule has 3 rings (SSSR count). The minimum absolute atomic E-state index is 0.0263. The Bertz CT molecular complexity index is 1280. The maximum Gasteiger partial charge on any atom is 0.418 e. The number of nitrogens with one attached hydrogen (secondary N) is 2. The number of aliphatic carboxylic acids is 1. The van der Waals surface area contributed by atoms with Gasteiger partial charge in [0.05, 0.1) is 22.2 Å². The number of aromatic amines is 1. The number of carboxylic acid groups (broad SMARTS) is 1. The number of amides is 1. The van der Waals surface area contributed by atoms with E-state index in [9.17, 15) is 33.1 Å². The normalized spacial score (nSPS) is 11.7. The van der Waals surface area contributed by atoms with Gasteiger partial charge in [0.25, 0.3) is 5.03 Å². The van der Waals surface area contributed by atoms with Crippen molar-refractivity contribution in [1.29, 1.82) is 5.26 Å². The number of carbonyl (C=O) groups is 2. The van der Waals surface area contributed by atoms with Gasteiger partial charge in [0.15, 0.2) is 10.8 Å². The van der Waals surface area contributed by atoms with Gasteiger partial charge >= 0.3 is 6.18 Å². The number of anilines is 1. The van der Waals surface area contributed by atoms with Crippen molar-refractivity contribution < 1.29 is 37.7 Å². The maximum atomic E-state index is 13.6. The van der Waals surface area contributed by atoms with Gasteiger partial charge in [0, 0.05) is 11.4 Å². The third-order valence-electron chi connectivity index (χ3n) is 3.95. The first-order chi connectivity index (χ1) is 16.1. The zero-order chi connectivity index (χ0) is 24.9. The van der Waals surface area contributed by atoms with Crippen LogP contribution in [0.15, 0.2) is 39.1 Å². The lowest BCUT2D eigenvalue weighted by Crippen LogP contribution is -2.32. The molecule has 2 N–H and O–H groups in total. The van der Waals surface area contributed by atoms with E-state index in [1.54, 1.807) is 23.6 Å². The summed E-state index contributed by atoms with van der Waals surface area (Å²) in [6.45, 7) is 0. The number of thiazole rings is 1. The molecule has 34 heavy (non-hydrogen) atoms. The Kier molecular flexibility index (Phi) is 7.87. The predicted molar refractivity (Wildman–Crippen MR) is 116 cm³/mol. The SMILES string of the molecule is CO/N=C(\C(=O)[O-])c1csc(NC(=O)CSc2[nH+]c(-c3cccs3)cc(C(F)(F)F)c2C#N)n1. The second-order valence-electron chi connectivity index (χ2n) is 6.17. The third kappa shape index (κ3) is 5.90. The van der Waals surface area contributed by atoms with Crippen molar-refractivity contribution >= 4 is 57.2 Å². The number of pyridine rings is 1. The highest BCUT2D eigenvalue weighted by Gasteiger charge is 2.38. The number of oxime groups is 1. The summed E-state index contributed by atoms with van der Waals surface area (Å²) in [5.41, 5.74) is -2.27. The summed E-state index contributed by atoms with van der Waals surface area (Å²) in [5, 5.41) is 29.1. The molecule has 0 aromatic carbocycles. The highest BCUT2D eigenvalue weighted by atomic mass is 32.2. The fourth-order valence-electron chi connectivity index (χ4n) is 2.58. The Balaban J connectivity index is 1.81. The predicted octanol–water partition coefficient (Wildman–Crippen LogP) is 2.41. The lowest BCUT2D eigenvalue weighted by atomic mass is 10.1. The number of thiophene rings is 1. The Morgan fingerprint density at radius 3 is 2.76 bits per heavy atom. The number of hydrogen-bond donors (Lipinski definition) is 1. The van der Waals surface area contributed by atoms with Crippen molar-refractivity contribution in [2.75, 3.05) is 18.2 Å². The molecule has 0 aliphatic rings. The molecule has 15 heteroatoms. The largest absolute Gasteiger partial charge is 0.543 e. The Labute approximate surface area is 201 Å². The van der Waals surface area contributed by atoms with Gasteiger partial charge < -0.3 is 20.1 Å². The van der Waals surface area contributed by atoms with Gasteiger partial charge in [-0.1, -0.05) is 11.2 Å². The molecule has 0 aliphatic carbocycles. The van der Waals surface area contributed by atoms with Gasteiger partial charge in [-0.3, -0.25) is 4.79 Å². The first-order valence-corrected chi connectivity index (χ1v) is 11.7. The molecule has 3 aromatic heterocycles. The van der Waals surface area contributed by atoms with Gasteiger partial charge in [-0.15, -0.1) is 22.7 Å². The Hall–Kier alpha value is -3.48. The molecule has 3 heterocycles. The van der Waals surface area contributed by atoms with Crippen LogP contribution in [0.2, 0.25) is 0 Å². The zero-order valence-electron chi connectivity index (χ0n) is 16.9. The second-order valence-corrected chi connectivity index (χ2v) is 8.96. The highest BCUT2D eigenvalue weighted by molar-refractivity contribution is 7.99. The van der Waals surface area contributed by atoms with E-state index in [-0.39, 0.29) is 27.3 Å². The summed E-state index contributed by atoms with van der Waals surface area (Å²) in [7, 11) is 1.14. The van der Waals surface area contributed by atoms with Crippen LogP contribution in [-0.4, -0.2) is 35.4 Å². The summed E-state index contributed by atoms with van der Waals surface area (Å²) >= 11 is 2.82. The minimum Gasteiger partial charge on any atom is -0.543 e. The lowest BCUT2D eigenvalue weighted by molar-refractivity contribution is -0.414. The van der Waals surface area contributed by atoms with E-state index in [0.717, 1.165) is 24.5 Å². The molecule has 0 aliphatic heterocycles. The number of carbonyl (C=O) groups excluding carboxylic acids is 2. The number of rotatable bonds is 8. The van der Waals surface area contributed by atoms with Crippen LogP contribution in [0.4, 0.5) is 18.3 Å². The van der Waals surface area contributed by atoms with Crippen molar-refractivity contribution in [2.45, 2.75) is 11.2 Å². The Morgan fingerprint density at radius 1 is 1.41 bits per heavy atom. The van der Waals surface area contributed by atoms with Crippen LogP contribution in [0.1, 0.15) is 16.8 Å². The van der Waals surface area contributed by atoms with Crippen LogP contribution < -0.4 is 15.4 Å².